The number of halogens is 4. The molecule has 0 aliphatic heterocycles. The van der Waals surface area contributed by atoms with E-state index >= 15 is 0 Å². The van der Waals surface area contributed by atoms with Gasteiger partial charge in [-0.05, 0) is 30.7 Å². The molecule has 212 valence electrons. The van der Waals surface area contributed by atoms with Gasteiger partial charge in [0, 0.05) is 20.4 Å². The molecule has 2 atom stereocenters. The summed E-state index contributed by atoms with van der Waals surface area (Å²) in [7, 11) is -1.88. The first-order chi connectivity index (χ1) is 17.8. The summed E-state index contributed by atoms with van der Waals surface area (Å²) in [5.41, 5.74) is -0.742. The zero-order valence-electron chi connectivity index (χ0n) is 20.6. The van der Waals surface area contributed by atoms with Gasteiger partial charge in [0.15, 0.2) is 0 Å². The van der Waals surface area contributed by atoms with Crippen LogP contribution in [0.25, 0.3) is 0 Å². The van der Waals surface area contributed by atoms with Crippen molar-refractivity contribution in [2.75, 3.05) is 34.0 Å². The summed E-state index contributed by atoms with van der Waals surface area (Å²) in [6, 6.07) is 5.55. The third kappa shape index (κ3) is 9.16. The Morgan fingerprint density at radius 3 is 2.37 bits per heavy atom. The number of amides is 1. The number of pyridine rings is 1. The maximum absolute atomic E-state index is 13.0. The van der Waals surface area contributed by atoms with Gasteiger partial charge in [0.2, 0.25) is 5.88 Å². The molecular weight excluding hydrogens is 559 g/mol. The second-order valence-corrected chi connectivity index (χ2v) is 9.82. The predicted octanol–water partition coefficient (Wildman–Crippen LogP) is 3.58. The van der Waals surface area contributed by atoms with Crippen molar-refractivity contribution in [1.82, 2.24) is 14.0 Å². The third-order valence-electron chi connectivity index (χ3n) is 4.95. The van der Waals surface area contributed by atoms with Gasteiger partial charge in [-0.15, -0.1) is 0 Å². The molecule has 16 heteroatoms. The molecular formula is C22H27ClF3N3O8S. The number of hydrogen-bond donors (Lipinski definition) is 2. The van der Waals surface area contributed by atoms with Crippen molar-refractivity contribution in [3.8, 4) is 11.6 Å². The molecule has 11 nitrogen and oxygen atoms in total. The van der Waals surface area contributed by atoms with E-state index in [1.54, 1.807) is 12.1 Å². The Balaban J connectivity index is 2.16. The van der Waals surface area contributed by atoms with Crippen LogP contribution in [-0.2, 0) is 32.4 Å². The first-order valence-electron chi connectivity index (χ1n) is 10.9. The van der Waals surface area contributed by atoms with Crippen LogP contribution in [0.3, 0.4) is 0 Å². The highest BCUT2D eigenvalue weighted by molar-refractivity contribution is 7.87. The number of hydrogen-bond acceptors (Lipinski definition) is 8. The summed E-state index contributed by atoms with van der Waals surface area (Å²) >= 11 is 5.86. The largest absolute Gasteiger partial charge is 0.491 e. The molecule has 1 aromatic heterocycles. The van der Waals surface area contributed by atoms with Crippen LogP contribution in [0.1, 0.15) is 18.1 Å². The Morgan fingerprint density at radius 1 is 1.18 bits per heavy atom. The van der Waals surface area contributed by atoms with Gasteiger partial charge in [-0.2, -0.15) is 30.6 Å². The molecule has 1 amide bonds. The van der Waals surface area contributed by atoms with Gasteiger partial charge in [-0.25, -0.2) is 9.78 Å². The summed E-state index contributed by atoms with van der Waals surface area (Å²) in [6.45, 7) is 1.24. The molecule has 0 spiro atoms. The minimum Gasteiger partial charge on any atom is -0.491 e. The molecule has 1 aromatic carbocycles. The second-order valence-electron chi connectivity index (χ2n) is 7.79. The SMILES string of the molecule is COCCOc1ccc(CN(C(=O)O)S(=O)(=O)NC(COC)C(C)Oc2ncc(C(F)(F)F)cc2Cl)cc1. The van der Waals surface area contributed by atoms with Crippen LogP contribution < -0.4 is 14.2 Å². The average Bonchev–Trinajstić information content (AvgIpc) is 2.83. The van der Waals surface area contributed by atoms with Crippen molar-refractivity contribution in [2.24, 2.45) is 0 Å². The van der Waals surface area contributed by atoms with Gasteiger partial charge in [0.05, 0.1) is 31.4 Å². The van der Waals surface area contributed by atoms with Gasteiger partial charge in [-0.1, -0.05) is 23.7 Å². The highest BCUT2D eigenvalue weighted by atomic mass is 35.5. The maximum atomic E-state index is 13.0. The molecule has 0 radical (unpaired) electrons. The van der Waals surface area contributed by atoms with E-state index in [1.807, 2.05) is 0 Å². The highest BCUT2D eigenvalue weighted by Gasteiger charge is 2.34. The van der Waals surface area contributed by atoms with Crippen LogP contribution >= 0.6 is 11.6 Å². The summed E-state index contributed by atoms with van der Waals surface area (Å²) in [4.78, 5) is 15.4. The van der Waals surface area contributed by atoms with Crippen molar-refractivity contribution in [2.45, 2.75) is 31.8 Å². The molecule has 1 heterocycles. The lowest BCUT2D eigenvalue weighted by Gasteiger charge is -2.28. The molecule has 0 bridgehead atoms. The third-order valence-corrected chi connectivity index (χ3v) is 6.69. The molecule has 0 saturated carbocycles. The number of rotatable bonds is 14. The van der Waals surface area contributed by atoms with E-state index in [9.17, 15) is 31.5 Å². The summed E-state index contributed by atoms with van der Waals surface area (Å²) in [5, 5.41) is 9.15. The Kier molecular flexibility index (Phi) is 11.4. The average molecular weight is 586 g/mol. The summed E-state index contributed by atoms with van der Waals surface area (Å²) in [5.74, 6) is 0.102. The van der Waals surface area contributed by atoms with Crippen molar-refractivity contribution in [3.63, 3.8) is 0 Å². The molecule has 0 saturated heterocycles. The topological polar surface area (TPSA) is 137 Å². The van der Waals surface area contributed by atoms with Crippen LogP contribution in [0.5, 0.6) is 11.6 Å². The normalized spacial score (nSPS) is 13.6. The molecule has 2 aromatic rings. The fourth-order valence-electron chi connectivity index (χ4n) is 2.98. The van der Waals surface area contributed by atoms with Gasteiger partial charge < -0.3 is 24.1 Å². The molecule has 2 rings (SSSR count). The summed E-state index contributed by atoms with van der Waals surface area (Å²) < 4.78 is 87.8. The van der Waals surface area contributed by atoms with E-state index in [0.29, 0.717) is 36.8 Å². The fraction of sp³-hybridized carbons (Fsp3) is 0.455. The molecule has 0 fully saturated rings. The lowest BCUT2D eigenvalue weighted by atomic mass is 10.2. The predicted molar refractivity (Wildman–Crippen MR) is 129 cm³/mol. The Hall–Kier alpha value is -2.85. The Labute approximate surface area is 222 Å². The second kappa shape index (κ2) is 13.8. The van der Waals surface area contributed by atoms with Crippen molar-refractivity contribution in [1.29, 1.82) is 0 Å². The number of benzene rings is 1. The van der Waals surface area contributed by atoms with Crippen molar-refractivity contribution >= 4 is 27.9 Å². The Bertz CT molecular complexity index is 1170. The number of nitrogens with zero attached hydrogens (tertiary/aromatic N) is 2. The van der Waals surface area contributed by atoms with Crippen LogP contribution in [0, 0.1) is 0 Å². The van der Waals surface area contributed by atoms with Crippen LogP contribution in [0.2, 0.25) is 5.02 Å². The first kappa shape index (κ1) is 31.4. The van der Waals surface area contributed by atoms with Crippen molar-refractivity contribution < 1.29 is 50.4 Å². The minimum absolute atomic E-state index is 0.187. The van der Waals surface area contributed by atoms with Gasteiger partial charge in [0.25, 0.3) is 0 Å². The monoisotopic (exact) mass is 585 g/mol. The fourth-order valence-corrected chi connectivity index (χ4v) is 4.49. The summed E-state index contributed by atoms with van der Waals surface area (Å²) in [6.07, 6.45) is -7.00. The van der Waals surface area contributed by atoms with E-state index in [1.165, 1.54) is 33.3 Å². The molecule has 0 aliphatic rings. The molecule has 38 heavy (non-hydrogen) atoms. The zero-order valence-corrected chi connectivity index (χ0v) is 22.1. The molecule has 2 unspecified atom stereocenters. The number of carboxylic acid groups (broad SMARTS) is 1. The number of alkyl halides is 3. The minimum atomic E-state index is -4.67. The van der Waals surface area contributed by atoms with Crippen LogP contribution in [0.15, 0.2) is 36.5 Å². The van der Waals surface area contributed by atoms with E-state index in [-0.39, 0.29) is 16.8 Å². The maximum Gasteiger partial charge on any atom is 0.422 e. The van der Waals surface area contributed by atoms with Gasteiger partial charge in [0.1, 0.15) is 23.5 Å². The van der Waals surface area contributed by atoms with Gasteiger partial charge in [-0.3, -0.25) is 0 Å². The lowest BCUT2D eigenvalue weighted by Crippen LogP contribution is -2.53. The molecule has 0 aliphatic carbocycles. The van der Waals surface area contributed by atoms with Gasteiger partial charge >= 0.3 is 22.5 Å². The van der Waals surface area contributed by atoms with E-state index in [0.717, 1.165) is 0 Å². The zero-order chi connectivity index (χ0) is 28.5. The van der Waals surface area contributed by atoms with Crippen molar-refractivity contribution in [3.05, 3.63) is 52.7 Å². The number of aromatic nitrogens is 1. The quantitative estimate of drug-likeness (QED) is 0.319. The van der Waals surface area contributed by atoms with E-state index < -0.39 is 51.8 Å². The van der Waals surface area contributed by atoms with Crippen LogP contribution in [-0.4, -0.2) is 75.1 Å². The number of methoxy groups -OCH3 is 2. The molecule has 2 N–H and O–H groups in total. The standard InChI is InChI=1S/C22H27ClF3N3O8S/c1-14(37-20-18(23)10-16(11-27-20)22(24,25)26)19(13-35-3)28-38(32,33)29(21(30)31)12-15-4-6-17(7-5-15)36-9-8-34-2/h4-7,10-11,14,19,28H,8-9,12-13H2,1-3H3,(H,30,31). The highest BCUT2D eigenvalue weighted by Crippen LogP contribution is 2.33. The first-order valence-corrected chi connectivity index (χ1v) is 12.7. The smallest absolute Gasteiger partial charge is 0.422 e. The number of carbonyl (C=O) groups is 1. The van der Waals surface area contributed by atoms with Crippen LogP contribution in [0.4, 0.5) is 18.0 Å². The number of ether oxygens (including phenoxy) is 4. The lowest BCUT2D eigenvalue weighted by molar-refractivity contribution is -0.137. The number of nitrogens with one attached hydrogen (secondary N) is 1. The Morgan fingerprint density at radius 2 is 1.84 bits per heavy atom. The van der Waals surface area contributed by atoms with E-state index in [4.69, 9.17) is 30.5 Å². The van der Waals surface area contributed by atoms with E-state index in [2.05, 4.69) is 9.71 Å².